The van der Waals surface area contributed by atoms with E-state index in [0.717, 1.165) is 29.4 Å². The van der Waals surface area contributed by atoms with Crippen molar-refractivity contribution in [1.82, 2.24) is 9.88 Å². The fourth-order valence-electron chi connectivity index (χ4n) is 3.53. The number of para-hydroxylation sites is 1. The molecule has 1 aromatic carbocycles. The highest BCUT2D eigenvalue weighted by Crippen LogP contribution is 2.22. The molecule has 1 fully saturated rings. The van der Waals surface area contributed by atoms with Gasteiger partial charge in [-0.05, 0) is 25.1 Å². The van der Waals surface area contributed by atoms with Gasteiger partial charge < -0.3 is 20.4 Å². The van der Waals surface area contributed by atoms with Gasteiger partial charge in [-0.25, -0.2) is 13.2 Å². The van der Waals surface area contributed by atoms with Crippen LogP contribution in [0.15, 0.2) is 36.5 Å². The van der Waals surface area contributed by atoms with Gasteiger partial charge in [0.25, 0.3) is 0 Å². The van der Waals surface area contributed by atoms with Crippen LogP contribution in [0.5, 0.6) is 0 Å². The van der Waals surface area contributed by atoms with Gasteiger partial charge in [-0.3, -0.25) is 19.5 Å². The predicted molar refractivity (Wildman–Crippen MR) is 117 cm³/mol. The Bertz CT molecular complexity index is 1110. The highest BCUT2D eigenvalue weighted by Gasteiger charge is 2.40. The van der Waals surface area contributed by atoms with Crippen LogP contribution >= 0.6 is 0 Å². The molecule has 1 atom stereocenters. The molecule has 12 heteroatoms. The summed E-state index contributed by atoms with van der Waals surface area (Å²) in [5.41, 5.74) is -0.588. The fraction of sp³-hybridized carbons (Fsp3) is 0.429. The van der Waals surface area contributed by atoms with E-state index in [1.165, 1.54) is 0 Å². The Labute approximate surface area is 190 Å². The van der Waals surface area contributed by atoms with Gasteiger partial charge in [0.15, 0.2) is 15.4 Å². The summed E-state index contributed by atoms with van der Waals surface area (Å²) in [6.45, 7) is 0.731. The van der Waals surface area contributed by atoms with E-state index >= 15 is 0 Å². The van der Waals surface area contributed by atoms with Gasteiger partial charge in [-0.2, -0.15) is 0 Å². The van der Waals surface area contributed by atoms with E-state index < -0.39 is 46.2 Å². The van der Waals surface area contributed by atoms with Gasteiger partial charge >= 0.3 is 17.9 Å². The number of hydrogen-bond donors (Lipinski definition) is 4. The molecule has 180 valence electrons. The smallest absolute Gasteiger partial charge is 0.336 e. The van der Waals surface area contributed by atoms with Crippen LogP contribution in [-0.2, 0) is 30.8 Å². The highest BCUT2D eigenvalue weighted by atomic mass is 32.2. The minimum Gasteiger partial charge on any atom is -0.481 e. The Hall–Kier alpha value is -3.09. The third-order valence-electron chi connectivity index (χ3n) is 5.25. The molecule has 0 aliphatic carbocycles. The first kappa shape index (κ1) is 26.2. The molecule has 0 bridgehead atoms. The summed E-state index contributed by atoms with van der Waals surface area (Å²) in [5.74, 6) is -4.42. The molecule has 3 rings (SSSR count). The average molecular weight is 483 g/mol. The number of aliphatic carboxylic acids is 3. The summed E-state index contributed by atoms with van der Waals surface area (Å²) in [4.78, 5) is 37.1. The van der Waals surface area contributed by atoms with E-state index in [-0.39, 0.29) is 11.8 Å². The van der Waals surface area contributed by atoms with Crippen LogP contribution in [0.4, 0.5) is 0 Å². The maximum absolute atomic E-state index is 11.6. The number of nitrogens with zero attached hydrogens (tertiary/aromatic N) is 2. The fourth-order valence-corrected chi connectivity index (χ4v) is 5.34. The molecule has 2 heterocycles. The van der Waals surface area contributed by atoms with Crippen LogP contribution in [0, 0.1) is 0 Å². The highest BCUT2D eigenvalue weighted by molar-refractivity contribution is 7.91. The molecule has 1 saturated heterocycles. The molecule has 33 heavy (non-hydrogen) atoms. The molecular formula is C21H26N2O9S. The molecule has 0 radical (unpaired) electrons. The first-order valence-corrected chi connectivity index (χ1v) is 11.8. The van der Waals surface area contributed by atoms with Crippen LogP contribution in [0.3, 0.4) is 0 Å². The Kier molecular flexibility index (Phi) is 8.47. The van der Waals surface area contributed by atoms with E-state index in [4.69, 9.17) is 20.4 Å². The van der Waals surface area contributed by atoms with Gasteiger partial charge in [0.1, 0.15) is 0 Å². The number of hydrogen-bond acceptors (Lipinski definition) is 8. The van der Waals surface area contributed by atoms with Crippen molar-refractivity contribution < 1.29 is 43.2 Å². The van der Waals surface area contributed by atoms with Gasteiger partial charge in [0.2, 0.25) is 0 Å². The predicted octanol–water partition coefficient (Wildman–Crippen LogP) is 0.605. The average Bonchev–Trinajstić information content (AvgIpc) is 3.07. The zero-order valence-electron chi connectivity index (χ0n) is 17.9. The van der Waals surface area contributed by atoms with Crippen LogP contribution < -0.4 is 0 Å². The van der Waals surface area contributed by atoms with Gasteiger partial charge in [0, 0.05) is 24.2 Å². The van der Waals surface area contributed by atoms with Crippen molar-refractivity contribution in [3.8, 4) is 0 Å². The lowest BCUT2D eigenvalue weighted by atomic mass is 9.96. The lowest BCUT2D eigenvalue weighted by molar-refractivity contribution is -0.170. The summed E-state index contributed by atoms with van der Waals surface area (Å²) in [6.07, 6.45) is 0.242. The van der Waals surface area contributed by atoms with E-state index in [1.54, 1.807) is 6.20 Å². The number of pyridine rings is 1. The minimum atomic E-state index is -2.83. The zero-order chi connectivity index (χ0) is 24.8. The molecule has 1 aromatic heterocycles. The Morgan fingerprint density at radius 1 is 1.09 bits per heavy atom. The molecule has 1 aliphatic heterocycles. The number of benzene rings is 1. The number of carbonyl (C=O) groups is 3. The Morgan fingerprint density at radius 3 is 2.21 bits per heavy atom. The molecule has 0 spiro atoms. The minimum absolute atomic E-state index is 0.124. The second-order valence-electron chi connectivity index (χ2n) is 7.94. The van der Waals surface area contributed by atoms with Gasteiger partial charge in [-0.15, -0.1) is 0 Å². The number of carboxylic acid groups (broad SMARTS) is 3. The molecule has 11 nitrogen and oxygen atoms in total. The van der Waals surface area contributed by atoms with Crippen LogP contribution in [0.2, 0.25) is 0 Å². The first-order chi connectivity index (χ1) is 15.3. The number of rotatable bonds is 8. The molecule has 4 N–H and O–H groups in total. The van der Waals surface area contributed by atoms with Crippen molar-refractivity contribution in [2.45, 2.75) is 37.5 Å². The standard InChI is InChI=1S/C15H18N2O2S.C6H8O7/c1-17(14-7-9-20(18,19)11-14)10-13-5-2-4-12-6-3-8-16-15(12)13;7-3(8)1-6(13,5(11)12)2-4(9)10/h2-6,8,14H,7,9-11H2,1H3;13H,1-2H2,(H,7,8)(H,9,10)(H,11,12). The molecule has 0 saturated carbocycles. The molecule has 2 aromatic rings. The SMILES string of the molecule is CN(Cc1cccc2cccnc12)C1CCS(=O)(=O)C1.O=C(O)CC(O)(CC(=O)O)C(=O)O. The lowest BCUT2D eigenvalue weighted by Crippen LogP contribution is -2.42. The Morgan fingerprint density at radius 2 is 1.70 bits per heavy atom. The van der Waals surface area contributed by atoms with Crippen molar-refractivity contribution in [1.29, 1.82) is 0 Å². The van der Waals surface area contributed by atoms with Gasteiger partial charge in [-0.1, -0.05) is 24.3 Å². The normalized spacial score (nSPS) is 17.4. The first-order valence-electron chi connectivity index (χ1n) is 9.95. The van der Waals surface area contributed by atoms with E-state index in [0.29, 0.717) is 5.75 Å². The quantitative estimate of drug-likeness (QED) is 0.413. The Balaban J connectivity index is 0.000000260. The van der Waals surface area contributed by atoms with Crippen molar-refractivity contribution in [2.75, 3.05) is 18.6 Å². The van der Waals surface area contributed by atoms with Crippen LogP contribution in [0.1, 0.15) is 24.8 Å². The second-order valence-corrected chi connectivity index (χ2v) is 10.2. The molecule has 1 aliphatic rings. The number of aromatic nitrogens is 1. The monoisotopic (exact) mass is 482 g/mol. The number of fused-ring (bicyclic) bond motifs is 1. The number of aliphatic hydroxyl groups is 1. The zero-order valence-corrected chi connectivity index (χ0v) is 18.7. The molecule has 1 unspecified atom stereocenters. The summed E-state index contributed by atoms with van der Waals surface area (Å²) >= 11 is 0. The van der Waals surface area contributed by atoms with Crippen LogP contribution in [-0.4, -0.2) is 86.8 Å². The largest absolute Gasteiger partial charge is 0.481 e. The van der Waals surface area contributed by atoms with Crippen molar-refractivity contribution in [3.05, 3.63) is 42.1 Å². The lowest BCUT2D eigenvalue weighted by Gasteiger charge is -2.23. The number of carboxylic acids is 3. The third-order valence-corrected chi connectivity index (χ3v) is 7.00. The summed E-state index contributed by atoms with van der Waals surface area (Å²) in [7, 11) is -0.839. The summed E-state index contributed by atoms with van der Waals surface area (Å²) in [5, 5.41) is 34.9. The topological polar surface area (TPSA) is 182 Å². The summed E-state index contributed by atoms with van der Waals surface area (Å²) in [6, 6.07) is 10.2. The maximum Gasteiger partial charge on any atom is 0.336 e. The van der Waals surface area contributed by atoms with Gasteiger partial charge in [0.05, 0.1) is 29.9 Å². The van der Waals surface area contributed by atoms with E-state index in [2.05, 4.69) is 16.0 Å². The van der Waals surface area contributed by atoms with E-state index in [1.807, 2.05) is 31.3 Å². The molecule has 0 amide bonds. The third kappa shape index (κ3) is 7.48. The summed E-state index contributed by atoms with van der Waals surface area (Å²) < 4.78 is 23.1. The van der Waals surface area contributed by atoms with Crippen LogP contribution in [0.25, 0.3) is 10.9 Å². The van der Waals surface area contributed by atoms with Crippen molar-refractivity contribution in [3.63, 3.8) is 0 Å². The van der Waals surface area contributed by atoms with Crippen molar-refractivity contribution >= 4 is 38.6 Å². The molecular weight excluding hydrogens is 456 g/mol. The maximum atomic E-state index is 11.6. The van der Waals surface area contributed by atoms with Crippen molar-refractivity contribution in [2.24, 2.45) is 0 Å². The second kappa shape index (κ2) is 10.7. The van der Waals surface area contributed by atoms with E-state index in [9.17, 15) is 22.8 Å². The number of sulfone groups is 1.